The molecule has 0 saturated heterocycles. The summed E-state index contributed by atoms with van der Waals surface area (Å²) in [5.41, 5.74) is 1.48. The minimum Gasteiger partial charge on any atom is -0.481 e. The first-order valence-corrected chi connectivity index (χ1v) is 7.39. The van der Waals surface area contributed by atoms with Crippen LogP contribution >= 0.6 is 0 Å². The highest BCUT2D eigenvalue weighted by atomic mass is 16.5. The molecule has 0 radical (unpaired) electrons. The number of carbonyl (C=O) groups excluding carboxylic acids is 1. The molecule has 2 heterocycles. The number of ether oxygens (including phenoxy) is 1. The zero-order valence-electron chi connectivity index (χ0n) is 13.1. The van der Waals surface area contributed by atoms with Crippen LogP contribution in [0.15, 0.2) is 53.1 Å². The van der Waals surface area contributed by atoms with Gasteiger partial charge in [-0.15, -0.1) is 0 Å². The maximum absolute atomic E-state index is 12.0. The number of nitrogens with zero attached hydrogens (tertiary/aromatic N) is 3. The lowest BCUT2D eigenvalue weighted by atomic mass is 10.2. The van der Waals surface area contributed by atoms with Crippen LogP contribution in [0.2, 0.25) is 0 Å². The number of anilines is 1. The molecule has 3 rings (SSSR count). The van der Waals surface area contributed by atoms with Crippen LogP contribution in [0.25, 0.3) is 0 Å². The Balaban J connectivity index is 1.60. The van der Waals surface area contributed by atoms with Gasteiger partial charge in [0.2, 0.25) is 17.7 Å². The van der Waals surface area contributed by atoms with Crippen molar-refractivity contribution in [3.63, 3.8) is 0 Å². The Bertz CT molecular complexity index is 817. The molecule has 1 amide bonds. The van der Waals surface area contributed by atoms with E-state index in [9.17, 15) is 4.79 Å². The number of para-hydroxylation sites is 1. The van der Waals surface area contributed by atoms with Gasteiger partial charge in [0.15, 0.2) is 5.82 Å². The largest absolute Gasteiger partial charge is 0.481 e. The van der Waals surface area contributed by atoms with Gasteiger partial charge in [-0.2, -0.15) is 4.98 Å². The van der Waals surface area contributed by atoms with Crippen LogP contribution in [0.4, 0.5) is 5.69 Å². The Labute approximate surface area is 138 Å². The lowest BCUT2D eigenvalue weighted by Crippen LogP contribution is -2.15. The summed E-state index contributed by atoms with van der Waals surface area (Å²) in [6.45, 7) is 0. The van der Waals surface area contributed by atoms with Gasteiger partial charge in [0.05, 0.1) is 25.6 Å². The normalized spacial score (nSPS) is 10.4. The summed E-state index contributed by atoms with van der Waals surface area (Å²) in [7, 11) is 1.56. The van der Waals surface area contributed by atoms with E-state index in [2.05, 4.69) is 20.4 Å². The molecule has 0 saturated carbocycles. The SMILES string of the molecule is COc1cccc(Cc2nc(CC(=O)Nc3ccccc3)no2)n1. The molecular formula is C17H16N4O3. The summed E-state index contributed by atoms with van der Waals surface area (Å²) in [5.74, 6) is 1.06. The average Bonchev–Trinajstić information content (AvgIpc) is 3.02. The van der Waals surface area contributed by atoms with Crippen LogP contribution in [0.1, 0.15) is 17.4 Å². The van der Waals surface area contributed by atoms with Crippen LogP contribution in [0.5, 0.6) is 5.88 Å². The average molecular weight is 324 g/mol. The van der Waals surface area contributed by atoms with Gasteiger partial charge < -0.3 is 14.6 Å². The third-order valence-electron chi connectivity index (χ3n) is 3.21. The minimum absolute atomic E-state index is 0.0456. The molecule has 0 spiro atoms. The summed E-state index contributed by atoms with van der Waals surface area (Å²) >= 11 is 0. The first-order chi connectivity index (χ1) is 11.7. The number of methoxy groups -OCH3 is 1. The summed E-state index contributed by atoms with van der Waals surface area (Å²) in [6, 6.07) is 14.7. The van der Waals surface area contributed by atoms with Gasteiger partial charge in [-0.05, 0) is 18.2 Å². The summed E-state index contributed by atoms with van der Waals surface area (Å²) in [6.07, 6.45) is 0.425. The summed E-state index contributed by atoms with van der Waals surface area (Å²) < 4.78 is 10.2. The monoisotopic (exact) mass is 324 g/mol. The van der Waals surface area contributed by atoms with Crippen molar-refractivity contribution in [2.24, 2.45) is 0 Å². The fourth-order valence-corrected chi connectivity index (χ4v) is 2.13. The fourth-order valence-electron chi connectivity index (χ4n) is 2.13. The number of benzene rings is 1. The Hall–Kier alpha value is -3.22. The zero-order chi connectivity index (χ0) is 16.8. The number of nitrogens with one attached hydrogen (secondary N) is 1. The van der Waals surface area contributed by atoms with Gasteiger partial charge in [0.25, 0.3) is 0 Å². The molecule has 0 fully saturated rings. The van der Waals surface area contributed by atoms with E-state index in [0.29, 0.717) is 24.0 Å². The first kappa shape index (κ1) is 15.7. The molecule has 0 aliphatic heterocycles. The topological polar surface area (TPSA) is 90.1 Å². The van der Waals surface area contributed by atoms with Crippen molar-refractivity contribution < 1.29 is 14.1 Å². The van der Waals surface area contributed by atoms with E-state index in [1.807, 2.05) is 42.5 Å². The van der Waals surface area contributed by atoms with E-state index >= 15 is 0 Å². The van der Waals surface area contributed by atoms with Crippen LogP contribution in [-0.2, 0) is 17.6 Å². The lowest BCUT2D eigenvalue weighted by molar-refractivity contribution is -0.115. The summed E-state index contributed by atoms with van der Waals surface area (Å²) in [4.78, 5) is 20.5. The lowest BCUT2D eigenvalue weighted by Gasteiger charge is -2.02. The van der Waals surface area contributed by atoms with Crippen LogP contribution < -0.4 is 10.1 Å². The molecule has 0 atom stereocenters. The number of aromatic nitrogens is 3. The molecular weight excluding hydrogens is 308 g/mol. The van der Waals surface area contributed by atoms with Crippen molar-refractivity contribution in [1.82, 2.24) is 15.1 Å². The van der Waals surface area contributed by atoms with Gasteiger partial charge in [0.1, 0.15) is 0 Å². The molecule has 1 N–H and O–H groups in total. The van der Waals surface area contributed by atoms with E-state index in [-0.39, 0.29) is 12.3 Å². The molecule has 0 aliphatic rings. The van der Waals surface area contributed by atoms with Crippen molar-refractivity contribution in [3.8, 4) is 5.88 Å². The van der Waals surface area contributed by atoms with Crippen LogP contribution in [-0.4, -0.2) is 28.1 Å². The minimum atomic E-state index is -0.201. The van der Waals surface area contributed by atoms with E-state index in [0.717, 1.165) is 11.4 Å². The second kappa shape index (κ2) is 7.36. The number of pyridine rings is 1. The van der Waals surface area contributed by atoms with Crippen molar-refractivity contribution in [2.45, 2.75) is 12.8 Å². The Morgan fingerprint density at radius 1 is 1.12 bits per heavy atom. The Morgan fingerprint density at radius 2 is 1.96 bits per heavy atom. The van der Waals surface area contributed by atoms with E-state index < -0.39 is 0 Å². The molecule has 3 aromatic rings. The van der Waals surface area contributed by atoms with Crippen molar-refractivity contribution in [2.75, 3.05) is 12.4 Å². The maximum atomic E-state index is 12.0. The highest BCUT2D eigenvalue weighted by Crippen LogP contribution is 2.11. The van der Waals surface area contributed by atoms with Crippen LogP contribution in [0, 0.1) is 0 Å². The molecule has 1 aromatic carbocycles. The number of hydrogen-bond donors (Lipinski definition) is 1. The number of amides is 1. The third-order valence-corrected chi connectivity index (χ3v) is 3.21. The second-order valence-corrected chi connectivity index (χ2v) is 5.04. The van der Waals surface area contributed by atoms with E-state index in [1.54, 1.807) is 13.2 Å². The standard InChI is InChI=1S/C17H16N4O3/c1-23-16-9-5-8-13(19-16)10-17-20-14(21-24-17)11-15(22)18-12-6-3-2-4-7-12/h2-9H,10-11H2,1H3,(H,18,22). The van der Waals surface area contributed by atoms with E-state index in [4.69, 9.17) is 9.26 Å². The first-order valence-electron chi connectivity index (χ1n) is 7.39. The van der Waals surface area contributed by atoms with Gasteiger partial charge in [0, 0.05) is 11.8 Å². The van der Waals surface area contributed by atoms with E-state index in [1.165, 1.54) is 0 Å². The molecule has 0 bridgehead atoms. The highest BCUT2D eigenvalue weighted by Gasteiger charge is 2.12. The highest BCUT2D eigenvalue weighted by molar-refractivity contribution is 5.91. The van der Waals surface area contributed by atoms with Crippen molar-refractivity contribution in [1.29, 1.82) is 0 Å². The third kappa shape index (κ3) is 4.16. The molecule has 7 nitrogen and oxygen atoms in total. The molecule has 0 unspecified atom stereocenters. The maximum Gasteiger partial charge on any atom is 0.232 e. The number of hydrogen-bond acceptors (Lipinski definition) is 6. The smallest absolute Gasteiger partial charge is 0.232 e. The van der Waals surface area contributed by atoms with Gasteiger partial charge in [-0.1, -0.05) is 29.4 Å². The summed E-state index contributed by atoms with van der Waals surface area (Å²) in [5, 5.41) is 6.61. The van der Waals surface area contributed by atoms with Gasteiger partial charge >= 0.3 is 0 Å². The van der Waals surface area contributed by atoms with Gasteiger partial charge in [-0.3, -0.25) is 4.79 Å². The second-order valence-electron chi connectivity index (χ2n) is 5.04. The number of rotatable bonds is 6. The predicted octanol–water partition coefficient (Wildman–Crippen LogP) is 2.25. The number of carbonyl (C=O) groups is 1. The fraction of sp³-hybridized carbons (Fsp3) is 0.176. The molecule has 7 heteroatoms. The van der Waals surface area contributed by atoms with Crippen molar-refractivity contribution >= 4 is 11.6 Å². The van der Waals surface area contributed by atoms with Gasteiger partial charge in [-0.25, -0.2) is 4.98 Å². The zero-order valence-corrected chi connectivity index (χ0v) is 13.1. The van der Waals surface area contributed by atoms with Crippen molar-refractivity contribution in [3.05, 3.63) is 65.9 Å². The Morgan fingerprint density at radius 3 is 2.75 bits per heavy atom. The van der Waals surface area contributed by atoms with Crippen LogP contribution in [0.3, 0.4) is 0 Å². The molecule has 122 valence electrons. The molecule has 24 heavy (non-hydrogen) atoms. The Kier molecular flexibility index (Phi) is 4.81. The predicted molar refractivity (Wildman–Crippen MR) is 86.7 cm³/mol. The molecule has 2 aromatic heterocycles. The quantitative estimate of drug-likeness (QED) is 0.748. The molecule has 0 aliphatic carbocycles.